The van der Waals surface area contributed by atoms with Crippen LogP contribution in [0.4, 0.5) is 0 Å². The van der Waals surface area contributed by atoms with E-state index in [1.54, 1.807) is 6.08 Å². The summed E-state index contributed by atoms with van der Waals surface area (Å²) in [5.41, 5.74) is 5.26. The molecule has 0 aromatic carbocycles. The van der Waals surface area contributed by atoms with E-state index in [4.69, 9.17) is 10.2 Å². The quantitative estimate of drug-likeness (QED) is 0.624. The zero-order valence-electron chi connectivity index (χ0n) is 7.45. The summed E-state index contributed by atoms with van der Waals surface area (Å²) in [6.45, 7) is 0. The third-order valence-electron chi connectivity index (χ3n) is 2.10. The van der Waals surface area contributed by atoms with E-state index in [1.165, 1.54) is 0 Å². The van der Waals surface area contributed by atoms with Crippen LogP contribution in [0.25, 0.3) is 12.2 Å². The highest BCUT2D eigenvalue weighted by molar-refractivity contribution is 5.89. The van der Waals surface area contributed by atoms with Crippen LogP contribution in [0.5, 0.6) is 0 Å². The molecule has 0 saturated heterocycles. The third kappa shape index (κ3) is 1.35. The van der Waals surface area contributed by atoms with Gasteiger partial charge in [-0.25, -0.2) is 0 Å². The Morgan fingerprint density at radius 2 is 2.07 bits per heavy atom. The second kappa shape index (κ2) is 3.14. The van der Waals surface area contributed by atoms with Gasteiger partial charge in [-0.1, -0.05) is 6.08 Å². The number of amides is 1. The lowest BCUT2D eigenvalue weighted by molar-refractivity contribution is 0.0969. The Kier molecular flexibility index (Phi) is 1.96. The minimum atomic E-state index is -0.719. The van der Waals surface area contributed by atoms with Crippen LogP contribution in [0.3, 0.4) is 0 Å². The van der Waals surface area contributed by atoms with Crippen molar-refractivity contribution in [3.63, 3.8) is 0 Å². The van der Waals surface area contributed by atoms with Gasteiger partial charge in [0, 0.05) is 6.07 Å². The number of hydrogen-bond acceptors (Lipinski definition) is 3. The molecule has 1 aromatic heterocycles. The topological polar surface area (TPSA) is 73.3 Å². The van der Waals surface area contributed by atoms with Crippen LogP contribution in [0.1, 0.15) is 23.4 Å². The lowest BCUT2D eigenvalue weighted by Crippen LogP contribution is -2.41. The Hall–Kier alpha value is -1.84. The van der Waals surface area contributed by atoms with Crippen LogP contribution in [0, 0.1) is 0 Å². The minimum Gasteiger partial charge on any atom is -0.451 e. The molecule has 1 heterocycles. The van der Waals surface area contributed by atoms with Crippen molar-refractivity contribution in [1.82, 2.24) is 0 Å². The standard InChI is InChI=1S/C10H9NO3/c11-10(13)9-5-7(12)6-3-1-2-4-8(6)14-9/h3-5H,1-2H2,(H2,11,13). The fraction of sp³-hybridized carbons (Fsp3) is 0.200. The van der Waals surface area contributed by atoms with Crippen LogP contribution < -0.4 is 21.8 Å². The predicted molar refractivity (Wildman–Crippen MR) is 50.9 cm³/mol. The highest BCUT2D eigenvalue weighted by Crippen LogP contribution is 1.95. The molecule has 1 aromatic rings. The molecular weight excluding hydrogens is 182 g/mol. The molecule has 72 valence electrons. The molecule has 4 heteroatoms. The van der Waals surface area contributed by atoms with Crippen molar-refractivity contribution in [3.8, 4) is 0 Å². The van der Waals surface area contributed by atoms with Crippen molar-refractivity contribution >= 4 is 18.1 Å². The molecule has 0 fully saturated rings. The molecular formula is C10H9NO3. The average Bonchev–Trinajstić information content (AvgIpc) is 2.17. The normalized spacial score (nSPS) is 13.7. The summed E-state index contributed by atoms with van der Waals surface area (Å²) in [5, 5.41) is 0.529. The molecule has 0 spiro atoms. The first kappa shape index (κ1) is 8.74. The maximum absolute atomic E-state index is 11.5. The van der Waals surface area contributed by atoms with Crippen LogP contribution >= 0.6 is 0 Å². The molecule has 14 heavy (non-hydrogen) atoms. The fourth-order valence-electron chi connectivity index (χ4n) is 1.44. The molecule has 1 amide bonds. The van der Waals surface area contributed by atoms with Crippen molar-refractivity contribution < 1.29 is 9.21 Å². The fourth-order valence-corrected chi connectivity index (χ4v) is 1.44. The van der Waals surface area contributed by atoms with E-state index >= 15 is 0 Å². The third-order valence-corrected chi connectivity index (χ3v) is 2.10. The van der Waals surface area contributed by atoms with E-state index in [-0.39, 0.29) is 11.2 Å². The predicted octanol–water partition coefficient (Wildman–Crippen LogP) is -0.907. The van der Waals surface area contributed by atoms with Gasteiger partial charge in [-0.3, -0.25) is 9.59 Å². The molecule has 1 aliphatic rings. The van der Waals surface area contributed by atoms with Gasteiger partial charge in [-0.2, -0.15) is 0 Å². The van der Waals surface area contributed by atoms with Gasteiger partial charge in [0.25, 0.3) is 5.91 Å². The van der Waals surface area contributed by atoms with Crippen molar-refractivity contribution in [1.29, 1.82) is 0 Å². The molecule has 2 rings (SSSR count). The summed E-state index contributed by atoms with van der Waals surface area (Å²) in [5.74, 6) is -0.802. The summed E-state index contributed by atoms with van der Waals surface area (Å²) >= 11 is 0. The Labute approximate surface area is 79.3 Å². The van der Waals surface area contributed by atoms with Crippen molar-refractivity contribution in [2.24, 2.45) is 5.73 Å². The maximum Gasteiger partial charge on any atom is 0.284 e. The molecule has 0 unspecified atom stereocenters. The molecule has 4 nitrogen and oxygen atoms in total. The van der Waals surface area contributed by atoms with Gasteiger partial charge >= 0.3 is 0 Å². The number of fused-ring (bicyclic) bond motifs is 1. The Morgan fingerprint density at radius 1 is 1.36 bits per heavy atom. The van der Waals surface area contributed by atoms with Crippen molar-refractivity contribution in [3.05, 3.63) is 32.7 Å². The second-order valence-corrected chi connectivity index (χ2v) is 3.10. The lowest BCUT2D eigenvalue weighted by Gasteiger charge is -1.99. The molecule has 0 bridgehead atoms. The van der Waals surface area contributed by atoms with E-state index in [9.17, 15) is 9.59 Å². The van der Waals surface area contributed by atoms with Gasteiger partial charge in [-0.15, -0.1) is 0 Å². The summed E-state index contributed by atoms with van der Waals surface area (Å²) in [7, 11) is 0. The number of carbonyl (C=O) groups excluding carboxylic acids is 1. The highest BCUT2D eigenvalue weighted by Gasteiger charge is 2.07. The monoisotopic (exact) mass is 191 g/mol. The number of carbonyl (C=O) groups is 1. The van der Waals surface area contributed by atoms with Crippen LogP contribution in [-0.4, -0.2) is 5.91 Å². The zero-order valence-corrected chi connectivity index (χ0v) is 7.45. The van der Waals surface area contributed by atoms with Gasteiger partial charge in [-0.05, 0) is 18.9 Å². The van der Waals surface area contributed by atoms with E-state index in [0.29, 0.717) is 10.6 Å². The van der Waals surface area contributed by atoms with Crippen LogP contribution in [0.15, 0.2) is 15.3 Å². The smallest absolute Gasteiger partial charge is 0.284 e. The van der Waals surface area contributed by atoms with Gasteiger partial charge < -0.3 is 10.2 Å². The Balaban J connectivity index is 2.84. The van der Waals surface area contributed by atoms with E-state index in [1.807, 2.05) is 6.08 Å². The first-order valence-electron chi connectivity index (χ1n) is 4.33. The number of hydrogen-bond donors (Lipinski definition) is 1. The van der Waals surface area contributed by atoms with Crippen molar-refractivity contribution in [2.45, 2.75) is 12.8 Å². The molecule has 2 N–H and O–H groups in total. The van der Waals surface area contributed by atoms with Gasteiger partial charge in [0.15, 0.2) is 11.2 Å². The van der Waals surface area contributed by atoms with E-state index in [0.717, 1.165) is 18.9 Å². The average molecular weight is 191 g/mol. The van der Waals surface area contributed by atoms with Gasteiger partial charge in [0.1, 0.15) is 5.42 Å². The second-order valence-electron chi connectivity index (χ2n) is 3.10. The summed E-state index contributed by atoms with van der Waals surface area (Å²) < 4.78 is 5.18. The molecule has 0 radical (unpaired) electrons. The summed E-state index contributed by atoms with van der Waals surface area (Å²) in [6.07, 6.45) is 5.25. The molecule has 1 aliphatic carbocycles. The largest absolute Gasteiger partial charge is 0.451 e. The van der Waals surface area contributed by atoms with Crippen LogP contribution in [-0.2, 0) is 0 Å². The maximum atomic E-state index is 11.5. The van der Waals surface area contributed by atoms with Crippen LogP contribution in [0.2, 0.25) is 0 Å². The molecule has 0 aliphatic heterocycles. The zero-order chi connectivity index (χ0) is 10.1. The van der Waals surface area contributed by atoms with E-state index < -0.39 is 5.91 Å². The Morgan fingerprint density at radius 3 is 2.79 bits per heavy atom. The van der Waals surface area contributed by atoms with Crippen molar-refractivity contribution in [2.75, 3.05) is 0 Å². The SMILES string of the molecule is NC(=O)c1cc(=O)c2c(o1)=CCCC=2. The summed E-state index contributed by atoms with van der Waals surface area (Å²) in [6, 6.07) is 1.14. The number of nitrogens with two attached hydrogens (primary N) is 1. The number of primary amides is 1. The Bertz CT molecular complexity index is 554. The molecule has 0 atom stereocenters. The molecule has 0 saturated carbocycles. The van der Waals surface area contributed by atoms with E-state index in [2.05, 4.69) is 0 Å². The first-order chi connectivity index (χ1) is 6.68. The summed E-state index contributed by atoms with van der Waals surface area (Å²) in [4.78, 5) is 22.3. The lowest BCUT2D eigenvalue weighted by atomic mass is 10.1. The van der Waals surface area contributed by atoms with Gasteiger partial charge in [0.2, 0.25) is 0 Å². The minimum absolute atomic E-state index is 0.0831. The highest BCUT2D eigenvalue weighted by atomic mass is 16.3. The van der Waals surface area contributed by atoms with Gasteiger partial charge in [0.05, 0.1) is 5.22 Å². The number of rotatable bonds is 1. The first-order valence-corrected chi connectivity index (χ1v) is 4.33.